The molecule has 0 amide bonds. The van der Waals surface area contributed by atoms with Gasteiger partial charge in [0.25, 0.3) is 0 Å². The van der Waals surface area contributed by atoms with Gasteiger partial charge in [0.15, 0.2) is 5.78 Å². The van der Waals surface area contributed by atoms with Crippen LogP contribution in [-0.4, -0.2) is 21.9 Å². The van der Waals surface area contributed by atoms with Crippen molar-refractivity contribution in [3.8, 4) is 0 Å². The second kappa shape index (κ2) is 5.88. The van der Waals surface area contributed by atoms with Crippen LogP contribution in [0.3, 0.4) is 0 Å². The summed E-state index contributed by atoms with van der Waals surface area (Å²) in [5, 5.41) is 0.850. The van der Waals surface area contributed by atoms with E-state index in [-0.39, 0.29) is 18.3 Å². The molecule has 0 aliphatic rings. The maximum absolute atomic E-state index is 12.1. The number of esters is 1. The van der Waals surface area contributed by atoms with Gasteiger partial charge in [0.1, 0.15) is 12.1 Å². The number of carbonyl (C=O) groups excluding carboxylic acids is 2. The summed E-state index contributed by atoms with van der Waals surface area (Å²) < 4.78 is 8.08. The number of Topliss-reactive ketones (excluding diaryl/α,β-unsaturated/α-hetero) is 1. The van der Waals surface area contributed by atoms with Crippen LogP contribution >= 0.6 is 15.9 Å². The Morgan fingerprint density at radius 1 is 1.27 bits per heavy atom. The number of ether oxygens (including phenoxy) is 1. The standard InChI is InChI=1S/C17H20BrNO3/c1-10-6-12(18)7-13-14(11(2)20)8-19(16(10)13)9-15(21)22-17(3,4)5/h6-8H,9H2,1-5H3. The van der Waals surface area contributed by atoms with Crippen LogP contribution in [0.25, 0.3) is 10.9 Å². The first-order valence-corrected chi connectivity index (χ1v) is 7.89. The van der Waals surface area contributed by atoms with Crippen LogP contribution in [0.15, 0.2) is 22.8 Å². The second-order valence-corrected chi connectivity index (χ2v) is 7.35. The summed E-state index contributed by atoms with van der Waals surface area (Å²) in [6.45, 7) is 9.08. The predicted molar refractivity (Wildman–Crippen MR) is 90.2 cm³/mol. The van der Waals surface area contributed by atoms with Gasteiger partial charge in [-0.1, -0.05) is 15.9 Å². The van der Waals surface area contributed by atoms with Gasteiger partial charge in [-0.15, -0.1) is 0 Å². The van der Waals surface area contributed by atoms with Crippen LogP contribution in [-0.2, 0) is 16.1 Å². The fraction of sp³-hybridized carbons (Fsp3) is 0.412. The van der Waals surface area contributed by atoms with Gasteiger partial charge in [-0.05, 0) is 52.3 Å². The highest BCUT2D eigenvalue weighted by atomic mass is 79.9. The van der Waals surface area contributed by atoms with Crippen LogP contribution in [0.1, 0.15) is 43.6 Å². The molecule has 4 nitrogen and oxygen atoms in total. The third-order valence-electron chi connectivity index (χ3n) is 3.23. The minimum Gasteiger partial charge on any atom is -0.459 e. The van der Waals surface area contributed by atoms with Crippen LogP contribution < -0.4 is 0 Å². The lowest BCUT2D eigenvalue weighted by Crippen LogP contribution is -2.26. The molecular formula is C17H20BrNO3. The van der Waals surface area contributed by atoms with Gasteiger partial charge in [-0.2, -0.15) is 0 Å². The van der Waals surface area contributed by atoms with E-state index < -0.39 is 5.60 Å². The number of halogens is 1. The Bertz CT molecular complexity index is 753. The Hall–Kier alpha value is -1.62. The average molecular weight is 366 g/mol. The number of rotatable bonds is 3. The Kier molecular flexibility index (Phi) is 4.47. The molecule has 1 heterocycles. The van der Waals surface area contributed by atoms with Gasteiger partial charge >= 0.3 is 5.97 Å². The number of aromatic nitrogens is 1. The molecule has 0 fully saturated rings. The molecule has 0 bridgehead atoms. The van der Waals surface area contributed by atoms with Crippen LogP contribution in [0.4, 0.5) is 0 Å². The van der Waals surface area contributed by atoms with Crippen LogP contribution in [0.5, 0.6) is 0 Å². The van der Waals surface area contributed by atoms with E-state index in [0.29, 0.717) is 5.56 Å². The van der Waals surface area contributed by atoms with E-state index in [2.05, 4.69) is 15.9 Å². The number of hydrogen-bond acceptors (Lipinski definition) is 3. The molecule has 118 valence electrons. The van der Waals surface area contributed by atoms with Crippen molar-refractivity contribution in [3.63, 3.8) is 0 Å². The lowest BCUT2D eigenvalue weighted by atomic mass is 10.1. The van der Waals surface area contributed by atoms with E-state index in [0.717, 1.165) is 20.9 Å². The fourth-order valence-corrected chi connectivity index (χ4v) is 3.10. The molecule has 0 saturated carbocycles. The van der Waals surface area contributed by atoms with Crippen molar-refractivity contribution in [2.24, 2.45) is 0 Å². The van der Waals surface area contributed by atoms with E-state index >= 15 is 0 Å². The first-order valence-electron chi connectivity index (χ1n) is 7.10. The van der Waals surface area contributed by atoms with Gasteiger partial charge in [0.05, 0.1) is 5.52 Å². The minimum absolute atomic E-state index is 0.0227. The average Bonchev–Trinajstić information content (AvgIpc) is 2.65. The van der Waals surface area contributed by atoms with E-state index in [1.807, 2.05) is 39.8 Å². The third kappa shape index (κ3) is 3.58. The molecule has 0 saturated heterocycles. The first kappa shape index (κ1) is 16.7. The topological polar surface area (TPSA) is 48.3 Å². The number of fused-ring (bicyclic) bond motifs is 1. The normalized spacial score (nSPS) is 11.7. The zero-order valence-corrected chi connectivity index (χ0v) is 15.1. The van der Waals surface area contributed by atoms with Crippen molar-refractivity contribution in [2.75, 3.05) is 0 Å². The molecule has 0 unspecified atom stereocenters. The van der Waals surface area contributed by atoms with E-state index in [4.69, 9.17) is 4.74 Å². The Morgan fingerprint density at radius 3 is 2.45 bits per heavy atom. The fourth-order valence-electron chi connectivity index (χ4n) is 2.53. The predicted octanol–water partition coefficient (Wildman–Crippen LogP) is 4.26. The summed E-state index contributed by atoms with van der Waals surface area (Å²) in [5.41, 5.74) is 1.98. The van der Waals surface area contributed by atoms with Gasteiger partial charge in [-0.25, -0.2) is 0 Å². The second-order valence-electron chi connectivity index (χ2n) is 6.43. The smallest absolute Gasteiger partial charge is 0.326 e. The molecule has 0 spiro atoms. The molecule has 1 aromatic carbocycles. The molecule has 0 aliphatic carbocycles. The number of nitrogens with zero attached hydrogens (tertiary/aromatic N) is 1. The number of aryl methyl sites for hydroxylation is 1. The minimum atomic E-state index is -0.526. The summed E-state index contributed by atoms with van der Waals surface area (Å²) >= 11 is 3.45. The van der Waals surface area contributed by atoms with Crippen molar-refractivity contribution in [1.82, 2.24) is 4.57 Å². The monoisotopic (exact) mass is 365 g/mol. The van der Waals surface area contributed by atoms with E-state index in [9.17, 15) is 9.59 Å². The Labute approximate surface area is 138 Å². The van der Waals surface area contributed by atoms with E-state index in [1.165, 1.54) is 6.92 Å². The number of hydrogen-bond donors (Lipinski definition) is 0. The summed E-state index contributed by atoms with van der Waals surface area (Å²) in [6.07, 6.45) is 1.73. The molecular weight excluding hydrogens is 346 g/mol. The Balaban J connectivity index is 2.51. The highest BCUT2D eigenvalue weighted by Crippen LogP contribution is 2.29. The molecule has 0 aliphatic heterocycles. The van der Waals surface area contributed by atoms with Gasteiger partial charge in [-0.3, -0.25) is 9.59 Å². The van der Waals surface area contributed by atoms with E-state index in [1.54, 1.807) is 10.8 Å². The molecule has 0 radical (unpaired) electrons. The summed E-state index contributed by atoms with van der Waals surface area (Å²) in [6, 6.07) is 3.88. The molecule has 22 heavy (non-hydrogen) atoms. The zero-order valence-electron chi connectivity index (χ0n) is 13.5. The molecule has 2 aromatic rings. The zero-order chi connectivity index (χ0) is 16.7. The van der Waals surface area contributed by atoms with Crippen molar-refractivity contribution >= 4 is 38.6 Å². The summed E-state index contributed by atoms with van der Waals surface area (Å²) in [5.74, 6) is -0.341. The molecule has 0 N–H and O–H groups in total. The van der Waals surface area contributed by atoms with Crippen molar-refractivity contribution in [1.29, 1.82) is 0 Å². The van der Waals surface area contributed by atoms with Crippen LogP contribution in [0.2, 0.25) is 0 Å². The number of ketones is 1. The van der Waals surface area contributed by atoms with Crippen molar-refractivity contribution < 1.29 is 14.3 Å². The summed E-state index contributed by atoms with van der Waals surface area (Å²) in [4.78, 5) is 24.0. The molecule has 0 atom stereocenters. The SMILES string of the molecule is CC(=O)c1cn(CC(=O)OC(C)(C)C)c2c(C)cc(Br)cc12. The Morgan fingerprint density at radius 2 is 1.91 bits per heavy atom. The molecule has 2 rings (SSSR count). The van der Waals surface area contributed by atoms with Crippen LogP contribution in [0, 0.1) is 6.92 Å². The number of benzene rings is 1. The third-order valence-corrected chi connectivity index (χ3v) is 3.68. The van der Waals surface area contributed by atoms with Gasteiger partial charge in [0.2, 0.25) is 0 Å². The maximum atomic E-state index is 12.1. The van der Waals surface area contributed by atoms with Crippen molar-refractivity contribution in [2.45, 2.75) is 46.8 Å². The largest absolute Gasteiger partial charge is 0.459 e. The lowest BCUT2D eigenvalue weighted by Gasteiger charge is -2.20. The summed E-state index contributed by atoms with van der Waals surface area (Å²) in [7, 11) is 0. The first-order chi connectivity index (χ1) is 10.1. The number of carbonyl (C=O) groups is 2. The van der Waals surface area contributed by atoms with Gasteiger partial charge < -0.3 is 9.30 Å². The maximum Gasteiger partial charge on any atom is 0.326 e. The van der Waals surface area contributed by atoms with Gasteiger partial charge in [0, 0.05) is 21.6 Å². The highest BCUT2D eigenvalue weighted by molar-refractivity contribution is 9.10. The lowest BCUT2D eigenvalue weighted by molar-refractivity contribution is -0.155. The molecule has 1 aromatic heterocycles. The highest BCUT2D eigenvalue weighted by Gasteiger charge is 2.20. The molecule has 5 heteroatoms. The van der Waals surface area contributed by atoms with Crippen molar-refractivity contribution in [3.05, 3.63) is 33.9 Å². The quantitative estimate of drug-likeness (QED) is 0.603.